The molecule has 0 saturated carbocycles. The molecule has 19 heavy (non-hydrogen) atoms. The third-order valence-electron chi connectivity index (χ3n) is 2.99. The smallest absolute Gasteiger partial charge is 0.245 e. The van der Waals surface area contributed by atoms with E-state index in [9.17, 15) is 0 Å². The number of anilines is 1. The Labute approximate surface area is 117 Å². The molecule has 100 valence electrons. The molecule has 6 heteroatoms. The zero-order chi connectivity index (χ0) is 13.8. The summed E-state index contributed by atoms with van der Waals surface area (Å²) in [6.07, 6.45) is 0. The van der Waals surface area contributed by atoms with Crippen LogP contribution in [0.1, 0.15) is 13.8 Å². The van der Waals surface area contributed by atoms with Crippen molar-refractivity contribution in [3.63, 3.8) is 0 Å². The van der Waals surface area contributed by atoms with Crippen LogP contribution in [0.3, 0.4) is 0 Å². The van der Waals surface area contributed by atoms with E-state index in [1.54, 1.807) is 0 Å². The predicted molar refractivity (Wildman–Crippen MR) is 81.2 cm³/mol. The van der Waals surface area contributed by atoms with Gasteiger partial charge in [-0.15, -0.1) is 10.2 Å². The van der Waals surface area contributed by atoms with Gasteiger partial charge in [-0.05, 0) is 19.1 Å². The molecular weight excluding hydrogens is 258 g/mol. The van der Waals surface area contributed by atoms with Crippen LogP contribution in [-0.2, 0) is 0 Å². The molecule has 2 aromatic rings. The van der Waals surface area contributed by atoms with Gasteiger partial charge in [0.15, 0.2) is 0 Å². The molecule has 1 atom stereocenters. The molecule has 0 bridgehead atoms. The Morgan fingerprint density at radius 2 is 2.00 bits per heavy atom. The number of fused-ring (bicyclic) bond motifs is 1. The number of nitrogens with two attached hydrogens (primary N) is 1. The van der Waals surface area contributed by atoms with Crippen LogP contribution >= 0.6 is 12.2 Å². The molecule has 0 spiro atoms. The first-order valence-electron chi connectivity index (χ1n) is 6.25. The van der Waals surface area contributed by atoms with Crippen molar-refractivity contribution >= 4 is 34.2 Å². The summed E-state index contributed by atoms with van der Waals surface area (Å²) in [5.41, 5.74) is 7.29. The van der Waals surface area contributed by atoms with E-state index >= 15 is 0 Å². The zero-order valence-corrected chi connectivity index (χ0v) is 11.9. The molecule has 0 amide bonds. The summed E-state index contributed by atoms with van der Waals surface area (Å²) >= 11 is 5.01. The van der Waals surface area contributed by atoms with Crippen molar-refractivity contribution in [3.05, 3.63) is 24.3 Å². The SMILES string of the molecule is CCN(CC(C)C(N)=S)c1nnc2ccccc2n1. The van der Waals surface area contributed by atoms with Crippen molar-refractivity contribution in [2.75, 3.05) is 18.0 Å². The second kappa shape index (κ2) is 5.88. The lowest BCUT2D eigenvalue weighted by Crippen LogP contribution is -2.35. The van der Waals surface area contributed by atoms with E-state index in [1.165, 1.54) is 0 Å². The van der Waals surface area contributed by atoms with E-state index in [1.807, 2.05) is 43.0 Å². The molecule has 2 rings (SSSR count). The average Bonchev–Trinajstić information content (AvgIpc) is 2.43. The molecule has 5 nitrogen and oxygen atoms in total. The Balaban J connectivity index is 2.27. The lowest BCUT2D eigenvalue weighted by Gasteiger charge is -2.23. The van der Waals surface area contributed by atoms with Crippen molar-refractivity contribution in [3.8, 4) is 0 Å². The highest BCUT2D eigenvalue weighted by molar-refractivity contribution is 7.80. The number of nitrogens with zero attached hydrogens (tertiary/aromatic N) is 4. The van der Waals surface area contributed by atoms with Crippen molar-refractivity contribution in [1.29, 1.82) is 0 Å². The third-order valence-corrected chi connectivity index (χ3v) is 3.40. The van der Waals surface area contributed by atoms with E-state index in [-0.39, 0.29) is 5.92 Å². The molecule has 2 N–H and O–H groups in total. The highest BCUT2D eigenvalue weighted by Crippen LogP contribution is 2.13. The average molecular weight is 275 g/mol. The van der Waals surface area contributed by atoms with Gasteiger partial charge < -0.3 is 10.6 Å². The van der Waals surface area contributed by atoms with Crippen LogP contribution < -0.4 is 10.6 Å². The number of thiocarbonyl (C=S) groups is 1. The van der Waals surface area contributed by atoms with E-state index in [0.717, 1.165) is 17.6 Å². The Hall–Kier alpha value is -1.82. The van der Waals surface area contributed by atoms with Gasteiger partial charge in [-0.25, -0.2) is 4.98 Å². The maximum atomic E-state index is 5.66. The Bertz CT molecular complexity index is 586. The fraction of sp³-hybridized carbons (Fsp3) is 0.385. The van der Waals surface area contributed by atoms with Gasteiger partial charge in [0.25, 0.3) is 0 Å². The van der Waals surface area contributed by atoms with Gasteiger partial charge in [0.05, 0.1) is 10.5 Å². The minimum Gasteiger partial charge on any atom is -0.393 e. The van der Waals surface area contributed by atoms with Crippen LogP contribution in [0.25, 0.3) is 11.0 Å². The quantitative estimate of drug-likeness (QED) is 0.839. The molecule has 0 radical (unpaired) electrons. The number of hydrogen-bond acceptors (Lipinski definition) is 5. The second-order valence-corrected chi connectivity index (χ2v) is 4.91. The van der Waals surface area contributed by atoms with E-state index in [4.69, 9.17) is 18.0 Å². The topological polar surface area (TPSA) is 67.9 Å². The molecule has 0 fully saturated rings. The van der Waals surface area contributed by atoms with Gasteiger partial charge in [0, 0.05) is 19.0 Å². The number of rotatable bonds is 5. The van der Waals surface area contributed by atoms with Gasteiger partial charge >= 0.3 is 0 Å². The molecule has 0 aliphatic heterocycles. The van der Waals surface area contributed by atoms with E-state index in [2.05, 4.69) is 15.2 Å². The third kappa shape index (κ3) is 3.14. The van der Waals surface area contributed by atoms with Gasteiger partial charge in [0.2, 0.25) is 5.95 Å². The molecule has 1 aromatic carbocycles. The lowest BCUT2D eigenvalue weighted by molar-refractivity contribution is 0.686. The van der Waals surface area contributed by atoms with Crippen LogP contribution in [0.15, 0.2) is 24.3 Å². The number of benzene rings is 1. The number of aromatic nitrogens is 3. The highest BCUT2D eigenvalue weighted by atomic mass is 32.1. The summed E-state index contributed by atoms with van der Waals surface area (Å²) < 4.78 is 0. The van der Waals surface area contributed by atoms with Crippen molar-refractivity contribution in [1.82, 2.24) is 15.2 Å². The van der Waals surface area contributed by atoms with E-state index < -0.39 is 0 Å². The first kappa shape index (κ1) is 13.6. The second-order valence-electron chi connectivity index (χ2n) is 4.44. The van der Waals surface area contributed by atoms with Gasteiger partial charge in [-0.1, -0.05) is 31.3 Å². The lowest BCUT2D eigenvalue weighted by atomic mass is 10.2. The molecule has 0 saturated heterocycles. The van der Waals surface area contributed by atoms with Crippen molar-refractivity contribution in [2.24, 2.45) is 11.7 Å². The summed E-state index contributed by atoms with van der Waals surface area (Å²) in [4.78, 5) is 7.06. The maximum absolute atomic E-state index is 5.66. The predicted octanol–water partition coefficient (Wildman–Crippen LogP) is 1.77. The fourth-order valence-corrected chi connectivity index (χ4v) is 1.85. The Kier molecular flexibility index (Phi) is 4.21. The van der Waals surface area contributed by atoms with Gasteiger partial charge in [-0.2, -0.15) is 0 Å². The van der Waals surface area contributed by atoms with Gasteiger partial charge in [-0.3, -0.25) is 0 Å². The zero-order valence-electron chi connectivity index (χ0n) is 11.1. The fourth-order valence-electron chi connectivity index (χ4n) is 1.78. The summed E-state index contributed by atoms with van der Waals surface area (Å²) in [5, 5.41) is 8.36. The normalized spacial score (nSPS) is 12.3. The standard InChI is InChI=1S/C13H17N5S/c1-3-18(8-9(2)12(14)19)13-15-10-6-4-5-7-11(10)16-17-13/h4-7,9H,3,8H2,1-2H3,(H2,14,19). The first-order valence-corrected chi connectivity index (χ1v) is 6.66. The largest absolute Gasteiger partial charge is 0.393 e. The molecular formula is C13H17N5S. The van der Waals surface area contributed by atoms with Crippen LogP contribution in [0.5, 0.6) is 0 Å². The maximum Gasteiger partial charge on any atom is 0.245 e. The van der Waals surface area contributed by atoms with E-state index in [0.29, 0.717) is 17.5 Å². The molecule has 1 heterocycles. The summed E-state index contributed by atoms with van der Waals surface area (Å²) in [6.45, 7) is 5.53. The minimum atomic E-state index is 0.116. The Morgan fingerprint density at radius 1 is 1.32 bits per heavy atom. The van der Waals surface area contributed by atoms with Crippen LogP contribution in [0.4, 0.5) is 5.95 Å². The first-order chi connectivity index (χ1) is 9.11. The van der Waals surface area contributed by atoms with Crippen LogP contribution in [0.2, 0.25) is 0 Å². The van der Waals surface area contributed by atoms with Crippen LogP contribution in [0, 0.1) is 5.92 Å². The molecule has 0 aliphatic rings. The summed E-state index contributed by atoms with van der Waals surface area (Å²) in [5.74, 6) is 0.731. The summed E-state index contributed by atoms with van der Waals surface area (Å²) in [6, 6.07) is 7.69. The van der Waals surface area contributed by atoms with Gasteiger partial charge in [0.1, 0.15) is 5.52 Å². The number of hydrogen-bond donors (Lipinski definition) is 1. The van der Waals surface area contributed by atoms with Crippen molar-refractivity contribution < 1.29 is 0 Å². The highest BCUT2D eigenvalue weighted by Gasteiger charge is 2.14. The van der Waals surface area contributed by atoms with Crippen molar-refractivity contribution in [2.45, 2.75) is 13.8 Å². The molecule has 1 aromatic heterocycles. The molecule has 1 unspecified atom stereocenters. The monoisotopic (exact) mass is 275 g/mol. The Morgan fingerprint density at radius 3 is 2.63 bits per heavy atom. The number of para-hydroxylation sites is 1. The van der Waals surface area contributed by atoms with Crippen LogP contribution in [-0.4, -0.2) is 33.3 Å². The molecule has 0 aliphatic carbocycles. The summed E-state index contributed by atoms with van der Waals surface area (Å²) in [7, 11) is 0. The minimum absolute atomic E-state index is 0.116.